The smallest absolute Gasteiger partial charge is 0.276 e. The van der Waals surface area contributed by atoms with E-state index in [0.717, 1.165) is 0 Å². The first-order valence-electron chi connectivity index (χ1n) is 8.58. The fourth-order valence-electron chi connectivity index (χ4n) is 3.59. The maximum atomic E-state index is 12.3. The zero-order valence-electron chi connectivity index (χ0n) is 15.2. The van der Waals surface area contributed by atoms with E-state index in [0.29, 0.717) is 16.8 Å². The molecule has 3 rings (SSSR count). The molecule has 0 bridgehead atoms. The van der Waals surface area contributed by atoms with Gasteiger partial charge in [0, 0.05) is 23.4 Å². The first kappa shape index (κ1) is 19.3. The van der Waals surface area contributed by atoms with Crippen LogP contribution in [-0.2, 0) is 4.79 Å². The minimum atomic E-state index is -0.804. The number of carbonyl (C=O) groups is 1. The van der Waals surface area contributed by atoms with Gasteiger partial charge in [-0.1, -0.05) is 30.3 Å². The quantitative estimate of drug-likeness (QED) is 0.622. The summed E-state index contributed by atoms with van der Waals surface area (Å²) in [5.41, 5.74) is 0.905. The van der Waals surface area contributed by atoms with Crippen LogP contribution in [0.1, 0.15) is 37.2 Å². The maximum absolute atomic E-state index is 12.3. The fraction of sp³-hybridized carbons (Fsp3) is 0.263. The number of carbonyl (C=O) groups excluding carboxylic acids is 1. The van der Waals surface area contributed by atoms with Crippen LogP contribution in [0.15, 0.2) is 53.5 Å². The molecule has 2 aromatic carbocycles. The van der Waals surface area contributed by atoms with Crippen LogP contribution in [0.2, 0.25) is 0 Å². The van der Waals surface area contributed by atoms with Crippen LogP contribution >= 0.6 is 0 Å². The van der Waals surface area contributed by atoms with E-state index < -0.39 is 28.0 Å². The Labute approximate surface area is 160 Å². The van der Waals surface area contributed by atoms with Gasteiger partial charge >= 0.3 is 0 Å². The van der Waals surface area contributed by atoms with Crippen LogP contribution < -0.4 is 5.32 Å². The Bertz CT molecular complexity index is 988. The summed E-state index contributed by atoms with van der Waals surface area (Å²) in [4.78, 5) is 38.6. The number of benzene rings is 2. The lowest BCUT2D eigenvalue weighted by atomic mass is 9.84. The van der Waals surface area contributed by atoms with Gasteiger partial charge in [-0.3, -0.25) is 35.3 Å². The number of ketones is 1. The highest BCUT2D eigenvalue weighted by molar-refractivity contribution is 6.04. The Morgan fingerprint density at radius 2 is 1.46 bits per heavy atom. The van der Waals surface area contributed by atoms with Gasteiger partial charge in [0.25, 0.3) is 11.4 Å². The summed E-state index contributed by atoms with van der Waals surface area (Å²) in [6, 6.07) is 11.6. The summed E-state index contributed by atoms with van der Waals surface area (Å²) >= 11 is 0. The van der Waals surface area contributed by atoms with Gasteiger partial charge < -0.3 is 0 Å². The maximum Gasteiger partial charge on any atom is 0.276 e. The molecule has 28 heavy (non-hydrogen) atoms. The third kappa shape index (κ3) is 3.52. The summed E-state index contributed by atoms with van der Waals surface area (Å²) in [7, 11) is 0. The lowest BCUT2D eigenvalue weighted by molar-refractivity contribution is -0.386. The van der Waals surface area contributed by atoms with Crippen molar-refractivity contribution in [3.8, 4) is 0 Å². The normalized spacial score (nSPS) is 21.6. The molecule has 0 amide bonds. The molecule has 144 valence electrons. The standard InChI is InChI=1S/C19H18N4O5/c1-11-17(12(2)24)18(13-7-3-5-9-15(13)22(25)26)21-19(20-11)14-8-4-6-10-16(14)23(27)28/h3-10,17-19,21H,1-2H3/t17?,18-,19+/m0/s1. The predicted molar refractivity (Wildman–Crippen MR) is 102 cm³/mol. The molecule has 1 N–H and O–H groups in total. The molecule has 0 spiro atoms. The van der Waals surface area contributed by atoms with Crippen LogP contribution in [0.25, 0.3) is 0 Å². The second-order valence-corrected chi connectivity index (χ2v) is 6.54. The second kappa shape index (κ2) is 7.65. The summed E-state index contributed by atoms with van der Waals surface area (Å²) in [6.45, 7) is 3.06. The summed E-state index contributed by atoms with van der Waals surface area (Å²) in [5.74, 6) is -0.905. The van der Waals surface area contributed by atoms with E-state index in [1.165, 1.54) is 19.1 Å². The molecule has 0 saturated carbocycles. The van der Waals surface area contributed by atoms with Crippen LogP contribution in [0.4, 0.5) is 11.4 Å². The van der Waals surface area contributed by atoms with Gasteiger partial charge in [-0.15, -0.1) is 0 Å². The van der Waals surface area contributed by atoms with Crippen molar-refractivity contribution >= 4 is 22.9 Å². The number of rotatable bonds is 5. The predicted octanol–water partition coefficient (Wildman–Crippen LogP) is 3.51. The van der Waals surface area contributed by atoms with Crippen LogP contribution in [-0.4, -0.2) is 21.3 Å². The minimum absolute atomic E-state index is 0.112. The highest BCUT2D eigenvalue weighted by atomic mass is 16.6. The van der Waals surface area contributed by atoms with Crippen LogP contribution in [0, 0.1) is 26.1 Å². The van der Waals surface area contributed by atoms with Crippen molar-refractivity contribution in [3.05, 3.63) is 79.9 Å². The lowest BCUT2D eigenvalue weighted by Crippen LogP contribution is -2.42. The Morgan fingerprint density at radius 1 is 0.964 bits per heavy atom. The van der Waals surface area contributed by atoms with Gasteiger partial charge in [-0.25, -0.2) is 0 Å². The van der Waals surface area contributed by atoms with Gasteiger partial charge in [-0.2, -0.15) is 0 Å². The molecule has 2 aromatic rings. The molecule has 0 fully saturated rings. The van der Waals surface area contributed by atoms with E-state index in [1.807, 2.05) is 0 Å². The molecule has 1 aliphatic rings. The molecular formula is C19H18N4O5. The number of para-hydroxylation sites is 2. The molecule has 1 aliphatic heterocycles. The highest BCUT2D eigenvalue weighted by Crippen LogP contribution is 2.38. The molecule has 0 aliphatic carbocycles. The van der Waals surface area contributed by atoms with E-state index in [4.69, 9.17) is 0 Å². The summed E-state index contributed by atoms with van der Waals surface area (Å²) in [6.07, 6.45) is -0.804. The largest absolute Gasteiger partial charge is 0.299 e. The van der Waals surface area contributed by atoms with Crippen molar-refractivity contribution in [2.45, 2.75) is 26.1 Å². The lowest BCUT2D eigenvalue weighted by Gasteiger charge is -2.34. The van der Waals surface area contributed by atoms with Gasteiger partial charge in [0.1, 0.15) is 11.9 Å². The number of Topliss-reactive ketones (excluding diaryl/α,β-unsaturated/α-hetero) is 1. The van der Waals surface area contributed by atoms with Gasteiger partial charge in [0.2, 0.25) is 0 Å². The van der Waals surface area contributed by atoms with E-state index in [2.05, 4.69) is 10.3 Å². The van der Waals surface area contributed by atoms with E-state index in [-0.39, 0.29) is 17.2 Å². The van der Waals surface area contributed by atoms with Gasteiger partial charge in [-0.05, 0) is 19.9 Å². The number of hydrogen-bond acceptors (Lipinski definition) is 7. The first-order valence-corrected chi connectivity index (χ1v) is 8.58. The average Bonchev–Trinajstić information content (AvgIpc) is 2.66. The highest BCUT2D eigenvalue weighted by Gasteiger charge is 2.39. The van der Waals surface area contributed by atoms with Crippen LogP contribution in [0.5, 0.6) is 0 Å². The van der Waals surface area contributed by atoms with Gasteiger partial charge in [0.15, 0.2) is 0 Å². The van der Waals surface area contributed by atoms with Crippen molar-refractivity contribution in [1.82, 2.24) is 5.32 Å². The molecule has 1 unspecified atom stereocenters. The zero-order valence-corrected chi connectivity index (χ0v) is 15.2. The monoisotopic (exact) mass is 382 g/mol. The van der Waals surface area contributed by atoms with E-state index in [1.54, 1.807) is 43.3 Å². The Hall–Kier alpha value is -3.46. The molecule has 0 aromatic heterocycles. The minimum Gasteiger partial charge on any atom is -0.299 e. The van der Waals surface area contributed by atoms with Gasteiger partial charge in [0.05, 0.1) is 27.4 Å². The third-order valence-electron chi connectivity index (χ3n) is 4.79. The number of hydrogen-bond donors (Lipinski definition) is 1. The second-order valence-electron chi connectivity index (χ2n) is 6.54. The first-order chi connectivity index (χ1) is 13.3. The van der Waals surface area contributed by atoms with E-state index in [9.17, 15) is 25.0 Å². The number of nitrogens with zero attached hydrogens (tertiary/aromatic N) is 3. The molecule has 9 nitrogen and oxygen atoms in total. The zero-order chi connectivity index (χ0) is 20.4. The molecule has 3 atom stereocenters. The van der Waals surface area contributed by atoms with Crippen molar-refractivity contribution in [2.24, 2.45) is 10.9 Å². The summed E-state index contributed by atoms with van der Waals surface area (Å²) in [5, 5.41) is 26.0. The van der Waals surface area contributed by atoms with Crippen molar-refractivity contribution < 1.29 is 14.6 Å². The number of nitro benzene ring substituents is 2. The van der Waals surface area contributed by atoms with Crippen molar-refractivity contribution in [3.63, 3.8) is 0 Å². The third-order valence-corrected chi connectivity index (χ3v) is 4.79. The van der Waals surface area contributed by atoms with Crippen molar-refractivity contribution in [1.29, 1.82) is 0 Å². The Morgan fingerprint density at radius 3 is 2.00 bits per heavy atom. The number of nitro groups is 2. The van der Waals surface area contributed by atoms with Crippen molar-refractivity contribution in [2.75, 3.05) is 0 Å². The Kier molecular flexibility index (Phi) is 5.27. The number of aliphatic imine (C=N–C) groups is 1. The SMILES string of the molecule is CC(=O)C1C(C)=N[C@@H](c2ccccc2[N+](=O)[O-])N[C@H]1c1ccccc1[N+](=O)[O-]. The molecule has 1 heterocycles. The molecule has 0 saturated heterocycles. The number of nitrogens with one attached hydrogen (secondary N) is 1. The summed E-state index contributed by atoms with van der Waals surface area (Å²) < 4.78 is 0. The van der Waals surface area contributed by atoms with E-state index >= 15 is 0 Å². The molecule has 9 heteroatoms. The molecular weight excluding hydrogens is 364 g/mol. The molecule has 0 radical (unpaired) electrons. The Balaban J connectivity index is 2.14. The van der Waals surface area contributed by atoms with Crippen LogP contribution in [0.3, 0.4) is 0 Å². The topological polar surface area (TPSA) is 128 Å². The average molecular weight is 382 g/mol. The fourth-order valence-corrected chi connectivity index (χ4v) is 3.59.